The summed E-state index contributed by atoms with van der Waals surface area (Å²) in [5.74, 6) is -1.82. The van der Waals surface area contributed by atoms with Crippen molar-refractivity contribution in [3.05, 3.63) is 119 Å². The Hall–Kier alpha value is -5.18. The zero-order valence-electron chi connectivity index (χ0n) is 24.9. The van der Waals surface area contributed by atoms with Crippen molar-refractivity contribution in [3.8, 4) is 23.0 Å². The predicted molar refractivity (Wildman–Crippen MR) is 167 cm³/mol. The molecule has 2 heterocycles. The van der Waals surface area contributed by atoms with Gasteiger partial charge in [0, 0.05) is 36.0 Å². The molecule has 0 unspecified atom stereocenters. The lowest BCUT2D eigenvalue weighted by molar-refractivity contribution is -0.141. The Labute approximate surface area is 261 Å². The van der Waals surface area contributed by atoms with E-state index in [4.69, 9.17) is 5.10 Å². The maximum atomic E-state index is 13.8. The first-order valence-corrected chi connectivity index (χ1v) is 15.7. The highest BCUT2D eigenvalue weighted by Crippen LogP contribution is 2.33. The number of rotatable bonds is 9. The van der Waals surface area contributed by atoms with E-state index < -0.39 is 27.7 Å². The first-order valence-electron chi connectivity index (χ1n) is 14.3. The lowest BCUT2D eigenvalue weighted by Gasteiger charge is -2.27. The molecule has 11 heteroatoms. The van der Waals surface area contributed by atoms with Crippen LogP contribution in [-0.4, -0.2) is 52.3 Å². The number of aromatic nitrogens is 2. The molecule has 9 nitrogen and oxygen atoms in total. The number of carbonyl (C=O) groups excluding carboxylic acids is 2. The maximum absolute atomic E-state index is 13.8. The number of sulfonamides is 1. The Morgan fingerprint density at radius 1 is 0.956 bits per heavy atom. The molecule has 228 valence electrons. The summed E-state index contributed by atoms with van der Waals surface area (Å²) in [4.78, 5) is 28.1. The summed E-state index contributed by atoms with van der Waals surface area (Å²) in [6.07, 6.45) is 3.27. The van der Waals surface area contributed by atoms with Crippen molar-refractivity contribution in [1.29, 1.82) is 5.26 Å². The van der Waals surface area contributed by atoms with Crippen LogP contribution in [0.15, 0.2) is 107 Å². The van der Waals surface area contributed by atoms with Gasteiger partial charge in [0.05, 0.1) is 17.1 Å². The molecule has 0 N–H and O–H groups in total. The van der Waals surface area contributed by atoms with Crippen molar-refractivity contribution in [2.24, 2.45) is 0 Å². The van der Waals surface area contributed by atoms with Crippen LogP contribution in [0.1, 0.15) is 31.9 Å². The summed E-state index contributed by atoms with van der Waals surface area (Å²) in [7, 11) is -3.77. The van der Waals surface area contributed by atoms with Gasteiger partial charge in [0.25, 0.3) is 11.8 Å². The van der Waals surface area contributed by atoms with Gasteiger partial charge in [-0.2, -0.15) is 14.7 Å². The third-order valence-corrected chi connectivity index (χ3v) is 9.64. The molecule has 1 aliphatic heterocycles. The number of halogens is 1. The van der Waals surface area contributed by atoms with Crippen molar-refractivity contribution in [3.63, 3.8) is 0 Å². The van der Waals surface area contributed by atoms with Crippen LogP contribution in [0, 0.1) is 17.1 Å². The third kappa shape index (κ3) is 6.11. The van der Waals surface area contributed by atoms with E-state index in [2.05, 4.69) is 0 Å². The molecule has 0 aliphatic carbocycles. The number of benzene rings is 3. The van der Waals surface area contributed by atoms with Gasteiger partial charge in [-0.1, -0.05) is 56.3 Å². The molecule has 2 amide bonds. The minimum atomic E-state index is -3.77. The quantitative estimate of drug-likeness (QED) is 0.180. The second-order valence-electron chi connectivity index (χ2n) is 10.3. The Bertz CT molecular complexity index is 1990. The summed E-state index contributed by atoms with van der Waals surface area (Å²) in [5.41, 5.74) is 2.72. The second kappa shape index (κ2) is 12.8. The SMILES string of the molecule is CCN(CC)S(=O)(=O)c1cccc(-c2nn(-c3ccccc3)cc2/C=C2/C(=O)N(Cc3ccc(F)cc3)C(=O)C(C#N)=C2C)c1. The van der Waals surface area contributed by atoms with Crippen LogP contribution in [-0.2, 0) is 26.2 Å². The van der Waals surface area contributed by atoms with Crippen molar-refractivity contribution in [2.75, 3.05) is 13.1 Å². The van der Waals surface area contributed by atoms with Crippen molar-refractivity contribution < 1.29 is 22.4 Å². The molecule has 1 aliphatic rings. The minimum Gasteiger partial charge on any atom is -0.269 e. The summed E-state index contributed by atoms with van der Waals surface area (Å²) in [6.45, 7) is 5.54. The molecule has 5 rings (SSSR count). The van der Waals surface area contributed by atoms with Gasteiger partial charge in [-0.15, -0.1) is 0 Å². The first-order chi connectivity index (χ1) is 21.6. The van der Waals surface area contributed by atoms with E-state index in [0.29, 0.717) is 35.5 Å². The van der Waals surface area contributed by atoms with Gasteiger partial charge in [0.2, 0.25) is 10.0 Å². The van der Waals surface area contributed by atoms with E-state index in [1.54, 1.807) is 49.0 Å². The summed E-state index contributed by atoms with van der Waals surface area (Å²) < 4.78 is 43.2. The summed E-state index contributed by atoms with van der Waals surface area (Å²) in [5, 5.41) is 14.7. The molecule has 0 saturated carbocycles. The van der Waals surface area contributed by atoms with Gasteiger partial charge in [-0.3, -0.25) is 14.5 Å². The van der Waals surface area contributed by atoms with Crippen LogP contribution < -0.4 is 0 Å². The molecule has 3 aromatic carbocycles. The van der Waals surface area contributed by atoms with Gasteiger partial charge >= 0.3 is 0 Å². The summed E-state index contributed by atoms with van der Waals surface area (Å²) >= 11 is 0. The highest BCUT2D eigenvalue weighted by molar-refractivity contribution is 7.89. The van der Waals surface area contributed by atoms with Crippen LogP contribution in [0.3, 0.4) is 0 Å². The van der Waals surface area contributed by atoms with Crippen LogP contribution in [0.4, 0.5) is 4.39 Å². The number of carbonyl (C=O) groups is 2. The highest BCUT2D eigenvalue weighted by Gasteiger charge is 2.36. The lowest BCUT2D eigenvalue weighted by Crippen LogP contribution is -2.42. The van der Waals surface area contributed by atoms with Crippen LogP contribution in [0.2, 0.25) is 0 Å². The van der Waals surface area contributed by atoms with Crippen LogP contribution in [0.5, 0.6) is 0 Å². The zero-order valence-corrected chi connectivity index (χ0v) is 25.8. The van der Waals surface area contributed by atoms with E-state index in [0.717, 1.165) is 10.6 Å². The number of hydrogen-bond donors (Lipinski definition) is 0. The largest absolute Gasteiger partial charge is 0.271 e. The van der Waals surface area contributed by atoms with Gasteiger partial charge in [0.1, 0.15) is 23.2 Å². The van der Waals surface area contributed by atoms with E-state index in [1.165, 1.54) is 41.6 Å². The van der Waals surface area contributed by atoms with Crippen molar-refractivity contribution in [1.82, 2.24) is 19.0 Å². The number of imide groups is 1. The minimum absolute atomic E-state index is 0.101. The Morgan fingerprint density at radius 2 is 1.64 bits per heavy atom. The molecule has 45 heavy (non-hydrogen) atoms. The Kier molecular flexibility index (Phi) is 8.90. The molecule has 4 aromatic rings. The average Bonchev–Trinajstić information content (AvgIpc) is 3.47. The van der Waals surface area contributed by atoms with Crippen molar-refractivity contribution >= 4 is 27.9 Å². The molecular formula is C34H30FN5O4S. The van der Waals surface area contributed by atoms with E-state index in [-0.39, 0.29) is 28.2 Å². The van der Waals surface area contributed by atoms with Gasteiger partial charge < -0.3 is 0 Å². The number of amides is 2. The fraction of sp³-hybridized carbons (Fsp3) is 0.176. The molecule has 0 saturated heterocycles. The Morgan fingerprint density at radius 3 is 2.29 bits per heavy atom. The number of nitriles is 1. The topological polar surface area (TPSA) is 116 Å². The average molecular weight is 624 g/mol. The molecule has 0 bridgehead atoms. The summed E-state index contributed by atoms with van der Waals surface area (Å²) in [6, 6.07) is 23.0. The molecule has 0 atom stereocenters. The van der Waals surface area contributed by atoms with Crippen LogP contribution >= 0.6 is 0 Å². The monoisotopic (exact) mass is 623 g/mol. The van der Waals surface area contributed by atoms with Gasteiger partial charge in [-0.05, 0) is 60.5 Å². The lowest BCUT2D eigenvalue weighted by atomic mass is 9.93. The zero-order chi connectivity index (χ0) is 32.3. The number of para-hydroxylation sites is 1. The smallest absolute Gasteiger partial charge is 0.269 e. The Balaban J connectivity index is 1.67. The standard InChI is InChI=1S/C34H30FN5O4S/c1-4-38(5-2)45(43,44)29-13-9-10-25(18-29)32-26(22-40(37-32)28-11-7-6-8-12-28)19-30-23(3)31(20-36)34(42)39(33(30)41)21-24-14-16-27(35)17-15-24/h6-19,22H,4-5,21H2,1-3H3/b30-19+. The van der Waals surface area contributed by atoms with E-state index >= 15 is 0 Å². The van der Waals surface area contributed by atoms with Gasteiger partial charge in [-0.25, -0.2) is 17.5 Å². The fourth-order valence-corrected chi connectivity index (χ4v) is 6.65. The van der Waals surface area contributed by atoms with E-state index in [1.807, 2.05) is 36.4 Å². The van der Waals surface area contributed by atoms with Crippen LogP contribution in [0.25, 0.3) is 23.0 Å². The number of hydrogen-bond acceptors (Lipinski definition) is 6. The molecule has 0 radical (unpaired) electrons. The number of nitrogens with zero attached hydrogens (tertiary/aromatic N) is 5. The van der Waals surface area contributed by atoms with E-state index in [9.17, 15) is 27.7 Å². The third-order valence-electron chi connectivity index (χ3n) is 7.59. The van der Waals surface area contributed by atoms with Crippen molar-refractivity contribution in [2.45, 2.75) is 32.2 Å². The molecule has 0 fully saturated rings. The maximum Gasteiger partial charge on any atom is 0.271 e. The van der Waals surface area contributed by atoms with Gasteiger partial charge in [0.15, 0.2) is 0 Å². The predicted octanol–water partition coefficient (Wildman–Crippen LogP) is 5.50. The molecule has 0 spiro atoms. The fourth-order valence-electron chi connectivity index (χ4n) is 5.15. The molecular weight excluding hydrogens is 593 g/mol. The highest BCUT2D eigenvalue weighted by atomic mass is 32.2. The molecule has 1 aromatic heterocycles. The second-order valence-corrected chi connectivity index (χ2v) is 12.3. The first kappa shape index (κ1) is 31.3. The normalized spacial score (nSPS) is 14.8.